The van der Waals surface area contributed by atoms with Crippen LogP contribution in [-0.4, -0.2) is 60.4 Å². The first-order valence-corrected chi connectivity index (χ1v) is 8.92. The molecule has 2 atom stereocenters. The molecule has 2 rings (SSSR count). The maximum Gasteiger partial charge on any atom is 0.238 e. The van der Waals surface area contributed by atoms with Crippen LogP contribution in [0.2, 0.25) is 0 Å². The van der Waals surface area contributed by atoms with E-state index in [4.69, 9.17) is 5.73 Å². The molecule has 1 fully saturated rings. The maximum atomic E-state index is 12.3. The summed E-state index contributed by atoms with van der Waals surface area (Å²) in [5, 5.41) is 3.02. The Labute approximate surface area is 150 Å². The van der Waals surface area contributed by atoms with Crippen molar-refractivity contribution >= 4 is 17.5 Å². The van der Waals surface area contributed by atoms with Gasteiger partial charge in [0.25, 0.3) is 0 Å². The predicted octanol–water partition coefficient (Wildman–Crippen LogP) is 1.37. The number of nitrogens with zero attached hydrogens (tertiary/aromatic N) is 2. The fourth-order valence-electron chi connectivity index (χ4n) is 3.03. The van der Waals surface area contributed by atoms with E-state index in [0.717, 1.165) is 16.8 Å². The molecule has 1 heterocycles. The van der Waals surface area contributed by atoms with Gasteiger partial charge in [0.1, 0.15) is 0 Å². The molecule has 1 aliphatic rings. The molecule has 6 heteroatoms. The minimum Gasteiger partial charge on any atom is -0.340 e. The summed E-state index contributed by atoms with van der Waals surface area (Å²) in [6.45, 7) is 10.8. The number of benzene rings is 1. The molecular weight excluding hydrogens is 316 g/mol. The number of piperazine rings is 1. The first kappa shape index (κ1) is 19.4. The largest absolute Gasteiger partial charge is 0.340 e. The monoisotopic (exact) mass is 346 g/mol. The van der Waals surface area contributed by atoms with E-state index in [1.165, 1.54) is 0 Å². The molecule has 0 radical (unpaired) electrons. The van der Waals surface area contributed by atoms with E-state index >= 15 is 0 Å². The summed E-state index contributed by atoms with van der Waals surface area (Å²) < 4.78 is 0. The number of carbonyl (C=O) groups excluding carboxylic acids is 2. The van der Waals surface area contributed by atoms with Gasteiger partial charge in [-0.2, -0.15) is 0 Å². The Hall–Kier alpha value is -1.92. The Kier molecular flexibility index (Phi) is 6.56. The molecule has 0 spiro atoms. The normalized spacial score (nSPS) is 17.9. The van der Waals surface area contributed by atoms with Gasteiger partial charge in [0.05, 0.1) is 12.5 Å². The zero-order valence-corrected chi connectivity index (χ0v) is 15.7. The fourth-order valence-corrected chi connectivity index (χ4v) is 3.03. The second kappa shape index (κ2) is 8.45. The number of hydrogen-bond donors (Lipinski definition) is 2. The third-order valence-electron chi connectivity index (χ3n) is 4.97. The van der Waals surface area contributed by atoms with Crippen molar-refractivity contribution in [3.8, 4) is 0 Å². The third-order valence-corrected chi connectivity index (χ3v) is 4.97. The summed E-state index contributed by atoms with van der Waals surface area (Å²) in [6.07, 6.45) is 0. The Bertz CT molecular complexity index is 602. The Morgan fingerprint density at radius 3 is 2.20 bits per heavy atom. The summed E-state index contributed by atoms with van der Waals surface area (Å²) in [5.74, 6) is -0.0744. The lowest BCUT2D eigenvalue weighted by atomic mass is 10.0. The van der Waals surface area contributed by atoms with Crippen molar-refractivity contribution in [3.05, 3.63) is 29.3 Å². The van der Waals surface area contributed by atoms with Crippen molar-refractivity contribution in [3.63, 3.8) is 0 Å². The van der Waals surface area contributed by atoms with Crippen molar-refractivity contribution in [1.82, 2.24) is 9.80 Å². The summed E-state index contributed by atoms with van der Waals surface area (Å²) in [4.78, 5) is 28.6. The molecule has 2 amide bonds. The van der Waals surface area contributed by atoms with Crippen LogP contribution < -0.4 is 11.1 Å². The van der Waals surface area contributed by atoms with Gasteiger partial charge < -0.3 is 16.0 Å². The van der Waals surface area contributed by atoms with Crippen LogP contribution in [0.1, 0.15) is 25.0 Å². The van der Waals surface area contributed by atoms with Gasteiger partial charge in [-0.3, -0.25) is 14.5 Å². The molecule has 138 valence electrons. The smallest absolute Gasteiger partial charge is 0.238 e. The number of aryl methyl sites for hydroxylation is 2. The van der Waals surface area contributed by atoms with Gasteiger partial charge in [0.15, 0.2) is 0 Å². The molecule has 3 N–H and O–H groups in total. The van der Waals surface area contributed by atoms with Crippen LogP contribution in [-0.2, 0) is 9.59 Å². The van der Waals surface area contributed by atoms with E-state index in [2.05, 4.69) is 10.2 Å². The number of rotatable bonds is 5. The van der Waals surface area contributed by atoms with E-state index < -0.39 is 0 Å². The van der Waals surface area contributed by atoms with Gasteiger partial charge >= 0.3 is 0 Å². The molecule has 1 saturated heterocycles. The highest BCUT2D eigenvalue weighted by Crippen LogP contribution is 2.19. The van der Waals surface area contributed by atoms with E-state index in [0.29, 0.717) is 32.7 Å². The molecular formula is C19H30N4O2. The number of nitrogens with two attached hydrogens (primary N) is 1. The van der Waals surface area contributed by atoms with Gasteiger partial charge in [-0.25, -0.2) is 0 Å². The highest BCUT2D eigenvalue weighted by molar-refractivity contribution is 5.93. The van der Waals surface area contributed by atoms with Gasteiger partial charge in [-0.15, -0.1) is 0 Å². The second-order valence-corrected chi connectivity index (χ2v) is 7.06. The number of anilines is 1. The SMILES string of the molecule is Cc1cccc(C)c1NC(=O)CN1CCN(C(=O)C(C)C(C)N)CC1. The van der Waals surface area contributed by atoms with E-state index in [1.807, 2.05) is 50.8 Å². The zero-order valence-electron chi connectivity index (χ0n) is 15.7. The number of amides is 2. The molecule has 2 unspecified atom stereocenters. The van der Waals surface area contributed by atoms with Crippen LogP contribution in [0.15, 0.2) is 18.2 Å². The van der Waals surface area contributed by atoms with E-state index in [-0.39, 0.29) is 23.8 Å². The van der Waals surface area contributed by atoms with Gasteiger partial charge in [-0.1, -0.05) is 25.1 Å². The summed E-state index contributed by atoms with van der Waals surface area (Å²) in [5.41, 5.74) is 8.85. The molecule has 1 aliphatic heterocycles. The minimum absolute atomic E-state index is 0.0128. The van der Waals surface area contributed by atoms with Crippen molar-refractivity contribution in [2.24, 2.45) is 11.7 Å². The van der Waals surface area contributed by atoms with Gasteiger partial charge in [0.2, 0.25) is 11.8 Å². The highest BCUT2D eigenvalue weighted by Gasteiger charge is 2.27. The fraction of sp³-hybridized carbons (Fsp3) is 0.579. The van der Waals surface area contributed by atoms with Crippen molar-refractivity contribution in [2.45, 2.75) is 33.7 Å². The second-order valence-electron chi connectivity index (χ2n) is 7.06. The van der Waals surface area contributed by atoms with Crippen molar-refractivity contribution < 1.29 is 9.59 Å². The quantitative estimate of drug-likeness (QED) is 0.844. The molecule has 25 heavy (non-hydrogen) atoms. The minimum atomic E-state index is -0.168. The van der Waals surface area contributed by atoms with Crippen LogP contribution in [0.3, 0.4) is 0 Å². The lowest BCUT2D eigenvalue weighted by Crippen LogP contribution is -2.53. The lowest BCUT2D eigenvalue weighted by Gasteiger charge is -2.36. The third kappa shape index (κ3) is 5.03. The first-order chi connectivity index (χ1) is 11.8. The Morgan fingerprint density at radius 1 is 1.12 bits per heavy atom. The zero-order chi connectivity index (χ0) is 18.6. The van der Waals surface area contributed by atoms with Crippen LogP contribution in [0.4, 0.5) is 5.69 Å². The highest BCUT2D eigenvalue weighted by atomic mass is 16.2. The van der Waals surface area contributed by atoms with Crippen LogP contribution >= 0.6 is 0 Å². The summed E-state index contributed by atoms with van der Waals surface area (Å²) >= 11 is 0. The first-order valence-electron chi connectivity index (χ1n) is 8.92. The Morgan fingerprint density at radius 2 is 1.68 bits per heavy atom. The average molecular weight is 346 g/mol. The number of hydrogen-bond acceptors (Lipinski definition) is 4. The topological polar surface area (TPSA) is 78.7 Å². The molecule has 0 bridgehead atoms. The van der Waals surface area contributed by atoms with Gasteiger partial charge in [-0.05, 0) is 31.9 Å². The summed E-state index contributed by atoms with van der Waals surface area (Å²) in [6, 6.07) is 5.83. The molecule has 1 aromatic carbocycles. The lowest BCUT2D eigenvalue weighted by molar-refractivity contribution is -0.137. The van der Waals surface area contributed by atoms with Gasteiger partial charge in [0, 0.05) is 37.9 Å². The van der Waals surface area contributed by atoms with Crippen molar-refractivity contribution in [2.75, 3.05) is 38.0 Å². The molecule has 0 saturated carbocycles. The van der Waals surface area contributed by atoms with Crippen LogP contribution in [0.5, 0.6) is 0 Å². The molecule has 6 nitrogen and oxygen atoms in total. The van der Waals surface area contributed by atoms with E-state index in [1.54, 1.807) is 0 Å². The number of nitrogens with one attached hydrogen (secondary N) is 1. The van der Waals surface area contributed by atoms with Crippen LogP contribution in [0.25, 0.3) is 0 Å². The van der Waals surface area contributed by atoms with Crippen molar-refractivity contribution in [1.29, 1.82) is 0 Å². The molecule has 1 aromatic rings. The van der Waals surface area contributed by atoms with E-state index in [9.17, 15) is 9.59 Å². The summed E-state index contributed by atoms with van der Waals surface area (Å²) in [7, 11) is 0. The maximum absolute atomic E-state index is 12.3. The standard InChI is InChI=1S/C19H30N4O2/c1-13-6-5-7-14(2)18(13)21-17(24)12-22-8-10-23(11-9-22)19(25)15(3)16(4)20/h5-7,15-16H,8-12,20H2,1-4H3,(H,21,24). The number of carbonyl (C=O) groups is 2. The Balaban J connectivity index is 1.84. The predicted molar refractivity (Wildman–Crippen MR) is 100 cm³/mol. The average Bonchev–Trinajstić information content (AvgIpc) is 2.57. The molecule has 0 aliphatic carbocycles. The van der Waals surface area contributed by atoms with Crippen LogP contribution in [0, 0.1) is 19.8 Å². The molecule has 0 aromatic heterocycles. The number of para-hydroxylation sites is 1.